The van der Waals surface area contributed by atoms with Crippen molar-refractivity contribution in [2.75, 3.05) is 13.2 Å². The summed E-state index contributed by atoms with van der Waals surface area (Å²) in [7, 11) is 0. The lowest BCUT2D eigenvalue weighted by Gasteiger charge is -2.48. The molecule has 0 spiro atoms. The molecular weight excluding hydrogens is 981 g/mol. The molecule has 4 heterocycles. The van der Waals surface area contributed by atoms with E-state index in [0.29, 0.717) is 25.2 Å². The number of nitrogens with zero attached hydrogens (tertiary/aromatic N) is 5. The van der Waals surface area contributed by atoms with Crippen LogP contribution in [0.15, 0.2) is 67.0 Å². The molecule has 9 unspecified atom stereocenters. The zero-order valence-corrected chi connectivity index (χ0v) is 42.1. The van der Waals surface area contributed by atoms with Gasteiger partial charge in [-0.15, -0.1) is 5.10 Å². The Balaban J connectivity index is 0.963. The monoisotopic (exact) mass is 1050 g/mol. The molecule has 2 aliphatic heterocycles. The van der Waals surface area contributed by atoms with Gasteiger partial charge in [-0.1, -0.05) is 62.4 Å². The predicted molar refractivity (Wildman–Crippen MR) is 263 cm³/mol. The van der Waals surface area contributed by atoms with Gasteiger partial charge in [0.25, 0.3) is 5.69 Å². The fourth-order valence-corrected chi connectivity index (χ4v) is 10.9. The van der Waals surface area contributed by atoms with Crippen molar-refractivity contribution in [2.45, 2.75) is 177 Å². The number of carbonyl (C=O) groups excluding carboxylic acids is 2. The maximum absolute atomic E-state index is 14.1. The molecule has 8 rings (SSSR count). The van der Waals surface area contributed by atoms with E-state index in [2.05, 4.69) is 20.2 Å². The summed E-state index contributed by atoms with van der Waals surface area (Å²) in [6.07, 6.45) is -8.33. The van der Waals surface area contributed by atoms with E-state index in [0.717, 1.165) is 55.8 Å². The maximum Gasteiger partial charge on any atom is 0.338 e. The smallest absolute Gasteiger partial charge is 0.338 e. The van der Waals surface area contributed by atoms with Crippen LogP contribution >= 0.6 is 0 Å². The van der Waals surface area contributed by atoms with Gasteiger partial charge >= 0.3 is 11.9 Å². The van der Waals surface area contributed by atoms with E-state index in [1.54, 1.807) is 41.9 Å². The first-order valence-electron chi connectivity index (χ1n) is 26.1. The van der Waals surface area contributed by atoms with Crippen molar-refractivity contribution >= 4 is 34.4 Å². The summed E-state index contributed by atoms with van der Waals surface area (Å²) in [6, 6.07) is 14.6. The van der Waals surface area contributed by atoms with E-state index >= 15 is 0 Å². The Morgan fingerprint density at radius 1 is 0.880 bits per heavy atom. The first-order chi connectivity index (χ1) is 36.1. The van der Waals surface area contributed by atoms with Gasteiger partial charge in [0.2, 0.25) is 5.91 Å². The summed E-state index contributed by atoms with van der Waals surface area (Å²) in [5.41, 5.74) is 1.73. The number of aliphatic hydroxyl groups is 5. The second-order valence-electron chi connectivity index (χ2n) is 20.5. The van der Waals surface area contributed by atoms with Gasteiger partial charge in [-0.2, -0.15) is 0 Å². The minimum Gasteiger partial charge on any atom is -0.479 e. The van der Waals surface area contributed by atoms with E-state index in [9.17, 15) is 55.1 Å². The van der Waals surface area contributed by atoms with Crippen LogP contribution in [0.5, 0.6) is 0 Å². The maximum atomic E-state index is 14.1. The Morgan fingerprint density at radius 3 is 2.37 bits per heavy atom. The summed E-state index contributed by atoms with van der Waals surface area (Å²) >= 11 is 0. The Bertz CT molecular complexity index is 2520. The molecule has 4 aliphatic rings. The highest BCUT2D eigenvalue weighted by Gasteiger charge is 2.54. The van der Waals surface area contributed by atoms with Crippen LogP contribution in [-0.2, 0) is 57.5 Å². The first kappa shape index (κ1) is 55.8. The Morgan fingerprint density at radius 2 is 1.64 bits per heavy atom. The molecule has 4 fully saturated rings. The number of aliphatic carboxylic acids is 1. The molecule has 0 radical (unpaired) electrons. The fourth-order valence-electron chi connectivity index (χ4n) is 10.9. The van der Waals surface area contributed by atoms with Crippen LogP contribution < -0.4 is 5.32 Å². The Hall–Kier alpha value is -5.47. The minimum atomic E-state index is -1.71. The average molecular weight is 1050 g/mol. The average Bonchev–Trinajstić information content (AvgIpc) is 4.05. The van der Waals surface area contributed by atoms with Gasteiger partial charge in [0, 0.05) is 67.4 Å². The number of nitro groups is 1. The number of unbranched alkanes of at least 4 members (excludes halogenated alkanes) is 1. The number of carbonyl (C=O) groups is 3. The molecule has 15 atom stereocenters. The summed E-state index contributed by atoms with van der Waals surface area (Å²) in [5.74, 6) is -3.72. The number of esters is 1. The molecule has 2 aromatic heterocycles. The van der Waals surface area contributed by atoms with Crippen molar-refractivity contribution in [3.8, 4) is 0 Å². The highest BCUT2D eigenvalue weighted by molar-refractivity contribution is 5.89. The number of non-ortho nitro benzene ring substituents is 1. The molecule has 410 valence electrons. The van der Waals surface area contributed by atoms with Crippen molar-refractivity contribution in [2.24, 2.45) is 17.8 Å². The second kappa shape index (κ2) is 25.6. The SMILES string of the molecule is CC1CC(C(=O)NCCc2cn(CCCCn3ccc4cc([N+](=O)[O-])ccc43)nn2)C[C@@H](O[C@@H]2OC(CO)[C@H](O)C(O[C@@H](CC3CCCCC3)C(=O)O)C2OC(=O)c2ccccc2)C1O[C@@H]1OC(C)[C@@H](O)C(O)C1O. The number of amides is 1. The molecular formula is C52H70N6O17. The standard InChI is InChI=1S/C52H70N6O17/c1-29-23-34(48(64)53-19-17-35-27-57(55-54-35)21-10-9-20-56-22-18-33-25-36(58(68)69)15-16-37(33)56)26-38(45(29)75-51-44(63)43(62)41(60)30(2)70-51)72-52-47(74-50(67)32-13-7-4-8-14-32)46(42(61)40(28-59)73-52)71-39(49(65)66)24-31-11-5-3-6-12-31/h4,7-8,13-16,18,22,25,27,29-31,34,38-47,51-52,59-63H,3,5-6,9-12,17,19-21,23-24,26,28H2,1-2H3,(H,53,64)(H,65,66)/t29?,30?,34?,38-,39+,40?,41-,42+,43?,44?,45?,46?,47?,51+,52-/m1/s1. The molecule has 23 nitrogen and oxygen atoms in total. The lowest BCUT2D eigenvalue weighted by Crippen LogP contribution is -2.64. The van der Waals surface area contributed by atoms with E-state index in [1.165, 1.54) is 25.1 Å². The van der Waals surface area contributed by atoms with E-state index in [-0.39, 0.29) is 48.9 Å². The zero-order valence-electron chi connectivity index (χ0n) is 42.1. The lowest BCUT2D eigenvalue weighted by atomic mass is 9.77. The van der Waals surface area contributed by atoms with Gasteiger partial charge in [-0.05, 0) is 75.1 Å². The van der Waals surface area contributed by atoms with Crippen LogP contribution in [0.2, 0.25) is 0 Å². The number of carboxylic acids is 1. The van der Waals surface area contributed by atoms with Gasteiger partial charge in [-0.3, -0.25) is 19.6 Å². The molecule has 75 heavy (non-hydrogen) atoms. The summed E-state index contributed by atoms with van der Waals surface area (Å²) in [4.78, 5) is 51.6. The first-order valence-corrected chi connectivity index (χ1v) is 26.1. The van der Waals surface area contributed by atoms with Crippen LogP contribution in [0, 0.1) is 27.9 Å². The van der Waals surface area contributed by atoms with Crippen LogP contribution in [0.25, 0.3) is 10.9 Å². The fraction of sp³-hybridized carbons (Fsp3) is 0.635. The highest BCUT2D eigenvalue weighted by atomic mass is 16.7. The molecule has 2 saturated heterocycles. The van der Waals surface area contributed by atoms with Gasteiger partial charge in [-0.25, -0.2) is 9.59 Å². The van der Waals surface area contributed by atoms with Gasteiger partial charge in [0.05, 0.1) is 41.1 Å². The number of nitro benzene ring substituents is 1. The second-order valence-corrected chi connectivity index (χ2v) is 20.5. The molecule has 2 aliphatic carbocycles. The zero-order chi connectivity index (χ0) is 53.3. The van der Waals surface area contributed by atoms with Gasteiger partial charge in [0.15, 0.2) is 24.8 Å². The van der Waals surface area contributed by atoms with E-state index in [4.69, 9.17) is 28.4 Å². The number of aliphatic hydroxyl groups excluding tert-OH is 5. The van der Waals surface area contributed by atoms with Crippen molar-refractivity contribution in [1.29, 1.82) is 0 Å². The van der Waals surface area contributed by atoms with Gasteiger partial charge in [0.1, 0.15) is 36.6 Å². The third-order valence-electron chi connectivity index (χ3n) is 15.1. The lowest BCUT2D eigenvalue weighted by molar-refractivity contribution is -0.384. The van der Waals surface area contributed by atoms with Crippen LogP contribution in [0.3, 0.4) is 0 Å². The quantitative estimate of drug-likeness (QED) is 0.0257. The number of carboxylic acid groups (broad SMARTS) is 1. The van der Waals surface area contributed by atoms with E-state index in [1.807, 2.05) is 18.5 Å². The van der Waals surface area contributed by atoms with Crippen LogP contribution in [-0.4, -0.2) is 166 Å². The normalized spacial score (nSPS) is 30.9. The van der Waals surface area contributed by atoms with Crippen molar-refractivity contribution in [3.05, 3.63) is 88.4 Å². The largest absolute Gasteiger partial charge is 0.479 e. The highest BCUT2D eigenvalue weighted by Crippen LogP contribution is 2.39. The number of hydrogen-bond donors (Lipinski definition) is 7. The van der Waals surface area contributed by atoms with Crippen LogP contribution in [0.1, 0.15) is 94.1 Å². The number of aryl methyl sites for hydroxylation is 2. The third-order valence-corrected chi connectivity index (χ3v) is 15.1. The number of rotatable bonds is 22. The Labute approximate surface area is 433 Å². The Kier molecular flexibility index (Phi) is 19.0. The molecule has 23 heteroatoms. The van der Waals surface area contributed by atoms with E-state index < -0.39 is 115 Å². The molecule has 2 saturated carbocycles. The van der Waals surface area contributed by atoms with Crippen molar-refractivity contribution < 1.29 is 78.4 Å². The molecule has 2 aromatic carbocycles. The van der Waals surface area contributed by atoms with Gasteiger partial charge < -0.3 is 68.9 Å². The van der Waals surface area contributed by atoms with Crippen molar-refractivity contribution in [1.82, 2.24) is 24.9 Å². The minimum absolute atomic E-state index is 0.0268. The molecule has 1 amide bonds. The number of fused-ring (bicyclic) bond motifs is 1. The number of hydrogen-bond acceptors (Lipinski definition) is 18. The van der Waals surface area contributed by atoms with Crippen LogP contribution in [0.4, 0.5) is 5.69 Å². The molecule has 0 bridgehead atoms. The third kappa shape index (κ3) is 13.7. The number of aromatic nitrogens is 4. The number of nitrogens with one attached hydrogen (secondary N) is 1. The topological polar surface area (TPSA) is 319 Å². The molecule has 7 N–H and O–H groups in total. The van der Waals surface area contributed by atoms with Crippen molar-refractivity contribution in [3.63, 3.8) is 0 Å². The molecule has 4 aromatic rings. The summed E-state index contributed by atoms with van der Waals surface area (Å²) in [5, 5.41) is 88.5. The summed E-state index contributed by atoms with van der Waals surface area (Å²) < 4.78 is 41.3. The number of ether oxygens (including phenoxy) is 6. The predicted octanol–water partition coefficient (Wildman–Crippen LogP) is 3.04. The summed E-state index contributed by atoms with van der Waals surface area (Å²) in [6.45, 7) is 4.03. The number of benzene rings is 2.